The van der Waals surface area contributed by atoms with Crippen LogP contribution < -0.4 is 14.4 Å². The Kier molecular flexibility index (Phi) is 11.4. The van der Waals surface area contributed by atoms with Gasteiger partial charge in [-0.25, -0.2) is 8.42 Å². The molecule has 0 heterocycles. The molecule has 4 rings (SSSR count). The van der Waals surface area contributed by atoms with Crippen LogP contribution in [0, 0.1) is 13.8 Å². The minimum Gasteiger partial charge on any atom is -0.494 e. The Morgan fingerprint density at radius 2 is 1.47 bits per heavy atom. The van der Waals surface area contributed by atoms with Crippen LogP contribution in [0.3, 0.4) is 0 Å². The van der Waals surface area contributed by atoms with Crippen molar-refractivity contribution in [3.8, 4) is 5.75 Å². The van der Waals surface area contributed by atoms with E-state index in [1.807, 2.05) is 82.3 Å². The van der Waals surface area contributed by atoms with E-state index in [1.165, 1.54) is 17.0 Å². The van der Waals surface area contributed by atoms with Crippen molar-refractivity contribution in [1.82, 2.24) is 10.2 Å². The largest absolute Gasteiger partial charge is 0.494 e. The zero-order valence-electron chi connectivity index (χ0n) is 26.3. The van der Waals surface area contributed by atoms with Gasteiger partial charge in [0.2, 0.25) is 11.8 Å². The highest BCUT2D eigenvalue weighted by atomic mass is 32.2. The van der Waals surface area contributed by atoms with Crippen molar-refractivity contribution in [3.63, 3.8) is 0 Å². The Morgan fingerprint density at radius 3 is 2.09 bits per heavy atom. The van der Waals surface area contributed by atoms with E-state index in [1.54, 1.807) is 36.4 Å². The average molecular weight is 628 g/mol. The van der Waals surface area contributed by atoms with Gasteiger partial charge in [0.15, 0.2) is 0 Å². The summed E-state index contributed by atoms with van der Waals surface area (Å²) in [5.41, 5.74) is 3.94. The van der Waals surface area contributed by atoms with E-state index in [-0.39, 0.29) is 23.8 Å². The third kappa shape index (κ3) is 8.73. The summed E-state index contributed by atoms with van der Waals surface area (Å²) in [5, 5.41) is 2.88. The molecule has 4 aromatic carbocycles. The molecule has 0 aliphatic heterocycles. The van der Waals surface area contributed by atoms with Crippen molar-refractivity contribution in [2.45, 2.75) is 51.6 Å². The minimum atomic E-state index is -4.17. The highest BCUT2D eigenvalue weighted by molar-refractivity contribution is 7.92. The lowest BCUT2D eigenvalue weighted by Gasteiger charge is -2.34. The van der Waals surface area contributed by atoms with E-state index in [0.29, 0.717) is 24.6 Å². The minimum absolute atomic E-state index is 0.0598. The molecule has 8 nitrogen and oxygen atoms in total. The number of carbonyl (C=O) groups excluding carboxylic acids is 2. The van der Waals surface area contributed by atoms with Gasteiger partial charge in [-0.3, -0.25) is 13.9 Å². The summed E-state index contributed by atoms with van der Waals surface area (Å²) in [5.74, 6) is -0.231. The molecule has 236 valence electrons. The first-order valence-electron chi connectivity index (χ1n) is 15.1. The molecule has 1 N–H and O–H groups in total. The molecule has 0 unspecified atom stereocenters. The molecule has 0 aliphatic rings. The number of anilines is 1. The Balaban J connectivity index is 1.79. The van der Waals surface area contributed by atoms with Gasteiger partial charge in [0, 0.05) is 19.5 Å². The SMILES string of the molecule is CCNC(=O)[C@@H](Cc1ccccc1)N(Cc1cccc(C)c1)C(=O)CN(c1ccc(OCC)cc1)S(=O)(=O)c1ccc(C)cc1. The van der Waals surface area contributed by atoms with Crippen molar-refractivity contribution in [3.05, 3.63) is 125 Å². The topological polar surface area (TPSA) is 96.0 Å². The number of nitrogens with one attached hydrogen (secondary N) is 1. The fourth-order valence-electron chi connectivity index (χ4n) is 5.09. The molecule has 0 saturated carbocycles. The first kappa shape index (κ1) is 33.3. The van der Waals surface area contributed by atoms with Crippen LogP contribution >= 0.6 is 0 Å². The van der Waals surface area contributed by atoms with Crippen LogP contribution in [0.25, 0.3) is 0 Å². The predicted octanol–water partition coefficient (Wildman–Crippen LogP) is 5.67. The summed E-state index contributed by atoms with van der Waals surface area (Å²) < 4.78 is 35.0. The molecular weight excluding hydrogens is 586 g/mol. The Morgan fingerprint density at radius 1 is 0.800 bits per heavy atom. The zero-order valence-corrected chi connectivity index (χ0v) is 27.1. The number of ether oxygens (including phenoxy) is 1. The number of hydrogen-bond donors (Lipinski definition) is 1. The Labute approximate surface area is 266 Å². The molecule has 0 fully saturated rings. The van der Waals surface area contributed by atoms with Gasteiger partial charge in [-0.2, -0.15) is 0 Å². The second-order valence-electron chi connectivity index (χ2n) is 10.9. The molecule has 0 aliphatic carbocycles. The summed E-state index contributed by atoms with van der Waals surface area (Å²) in [6.07, 6.45) is 0.262. The van der Waals surface area contributed by atoms with E-state index >= 15 is 0 Å². The van der Waals surface area contributed by atoms with Crippen LogP contribution in [0.4, 0.5) is 5.69 Å². The third-order valence-corrected chi connectivity index (χ3v) is 9.17. The number of carbonyl (C=O) groups is 2. The van der Waals surface area contributed by atoms with Gasteiger partial charge < -0.3 is 15.0 Å². The van der Waals surface area contributed by atoms with Crippen LogP contribution in [0.2, 0.25) is 0 Å². The molecule has 0 bridgehead atoms. The fraction of sp³-hybridized carbons (Fsp3) is 0.278. The maximum atomic E-state index is 14.5. The lowest BCUT2D eigenvalue weighted by atomic mass is 10.0. The third-order valence-electron chi connectivity index (χ3n) is 7.38. The maximum absolute atomic E-state index is 14.5. The molecule has 0 spiro atoms. The van der Waals surface area contributed by atoms with Crippen LogP contribution in [0.15, 0.2) is 108 Å². The Bertz CT molecular complexity index is 1670. The van der Waals surface area contributed by atoms with Gasteiger partial charge in [-0.15, -0.1) is 0 Å². The second-order valence-corrected chi connectivity index (χ2v) is 12.7. The van der Waals surface area contributed by atoms with E-state index in [9.17, 15) is 18.0 Å². The van der Waals surface area contributed by atoms with Gasteiger partial charge >= 0.3 is 0 Å². The Hall–Kier alpha value is -4.63. The lowest BCUT2D eigenvalue weighted by Crippen LogP contribution is -2.53. The predicted molar refractivity (Wildman–Crippen MR) is 178 cm³/mol. The first-order valence-corrected chi connectivity index (χ1v) is 16.5. The smallest absolute Gasteiger partial charge is 0.264 e. The first-order chi connectivity index (χ1) is 21.6. The molecule has 2 amide bonds. The summed E-state index contributed by atoms with van der Waals surface area (Å²) in [6.45, 7) is 7.98. The van der Waals surface area contributed by atoms with E-state index in [0.717, 1.165) is 26.6 Å². The normalized spacial score (nSPS) is 11.8. The van der Waals surface area contributed by atoms with Crippen molar-refractivity contribution in [1.29, 1.82) is 0 Å². The molecular formula is C36H41N3O5S. The number of aryl methyl sites for hydroxylation is 2. The molecule has 45 heavy (non-hydrogen) atoms. The number of likely N-dealkylation sites (N-methyl/N-ethyl adjacent to an activating group) is 1. The maximum Gasteiger partial charge on any atom is 0.264 e. The van der Waals surface area contributed by atoms with Crippen molar-refractivity contribution in [2.24, 2.45) is 0 Å². The quantitative estimate of drug-likeness (QED) is 0.194. The van der Waals surface area contributed by atoms with Gasteiger partial charge in [-0.1, -0.05) is 77.9 Å². The molecule has 0 aromatic heterocycles. The summed E-state index contributed by atoms with van der Waals surface area (Å²) in [7, 11) is -4.17. The van der Waals surface area contributed by atoms with Crippen LogP contribution in [-0.4, -0.2) is 50.9 Å². The summed E-state index contributed by atoms with van der Waals surface area (Å²) in [6, 6.07) is 29.5. The monoisotopic (exact) mass is 627 g/mol. The number of rotatable bonds is 14. The van der Waals surface area contributed by atoms with Crippen molar-refractivity contribution in [2.75, 3.05) is 24.0 Å². The zero-order chi connectivity index (χ0) is 32.4. The summed E-state index contributed by atoms with van der Waals surface area (Å²) in [4.78, 5) is 29.6. The molecule has 0 saturated heterocycles. The van der Waals surface area contributed by atoms with Gasteiger partial charge in [0.05, 0.1) is 17.2 Å². The van der Waals surface area contributed by atoms with Gasteiger partial charge in [0.25, 0.3) is 10.0 Å². The van der Waals surface area contributed by atoms with E-state index < -0.39 is 28.5 Å². The molecule has 0 radical (unpaired) electrons. The molecule has 4 aromatic rings. The van der Waals surface area contributed by atoms with Gasteiger partial charge in [-0.05, 0) is 75.2 Å². The highest BCUT2D eigenvalue weighted by Gasteiger charge is 2.34. The summed E-state index contributed by atoms with van der Waals surface area (Å²) >= 11 is 0. The second kappa shape index (κ2) is 15.4. The van der Waals surface area contributed by atoms with E-state index in [4.69, 9.17) is 4.74 Å². The molecule has 9 heteroatoms. The van der Waals surface area contributed by atoms with Crippen LogP contribution in [0.5, 0.6) is 5.75 Å². The number of nitrogens with zero attached hydrogens (tertiary/aromatic N) is 2. The number of amides is 2. The molecule has 1 atom stereocenters. The van der Waals surface area contributed by atoms with Crippen LogP contribution in [0.1, 0.15) is 36.1 Å². The average Bonchev–Trinajstić information content (AvgIpc) is 3.03. The number of benzene rings is 4. The fourth-order valence-corrected chi connectivity index (χ4v) is 6.51. The standard InChI is InChI=1S/C36H41N3O5S/c1-5-37-36(41)34(24-29-12-8-7-9-13-29)38(25-30-14-10-11-28(4)23-30)35(40)26-39(31-17-19-32(20-18-31)44-6-2)45(42,43)33-21-15-27(3)16-22-33/h7-23,34H,5-6,24-26H2,1-4H3,(H,37,41)/t34-/m1/s1. The lowest BCUT2D eigenvalue weighted by molar-refractivity contribution is -0.140. The van der Waals surface area contributed by atoms with Crippen molar-refractivity contribution < 1.29 is 22.7 Å². The number of hydrogen-bond acceptors (Lipinski definition) is 5. The van der Waals surface area contributed by atoms with Crippen LogP contribution in [-0.2, 0) is 32.6 Å². The highest BCUT2D eigenvalue weighted by Crippen LogP contribution is 2.27. The van der Waals surface area contributed by atoms with Gasteiger partial charge in [0.1, 0.15) is 18.3 Å². The van der Waals surface area contributed by atoms with Crippen molar-refractivity contribution >= 4 is 27.5 Å². The van der Waals surface area contributed by atoms with E-state index in [2.05, 4.69) is 5.32 Å². The number of sulfonamides is 1.